The summed E-state index contributed by atoms with van der Waals surface area (Å²) in [6.07, 6.45) is 3.84. The molecule has 0 aliphatic heterocycles. The summed E-state index contributed by atoms with van der Waals surface area (Å²) >= 11 is 1.71. The van der Waals surface area contributed by atoms with Crippen molar-refractivity contribution in [3.63, 3.8) is 0 Å². The van der Waals surface area contributed by atoms with Crippen LogP contribution in [-0.2, 0) is 6.54 Å². The summed E-state index contributed by atoms with van der Waals surface area (Å²) in [5, 5.41) is 4.41. The highest BCUT2D eigenvalue weighted by molar-refractivity contribution is 7.15. The van der Waals surface area contributed by atoms with Gasteiger partial charge in [-0.1, -0.05) is 19.9 Å². The number of hydrogen-bond donors (Lipinski definition) is 1. The van der Waals surface area contributed by atoms with E-state index in [1.165, 1.54) is 16.0 Å². The maximum Gasteiger partial charge on any atom is 0.142 e. The molecule has 0 spiro atoms. The van der Waals surface area contributed by atoms with Gasteiger partial charge >= 0.3 is 0 Å². The van der Waals surface area contributed by atoms with Gasteiger partial charge in [-0.2, -0.15) is 0 Å². The Morgan fingerprint density at radius 3 is 2.67 bits per heavy atom. The second kappa shape index (κ2) is 5.59. The Kier molecular flexibility index (Phi) is 4.09. The summed E-state index contributed by atoms with van der Waals surface area (Å²) in [5.74, 6) is 0. The topological polar surface area (TPSA) is 37.8 Å². The maximum atomic E-state index is 4.48. The monoisotopic (exact) mass is 261 g/mol. The van der Waals surface area contributed by atoms with Gasteiger partial charge in [-0.05, 0) is 25.0 Å². The first-order valence-corrected chi connectivity index (χ1v) is 6.99. The van der Waals surface area contributed by atoms with Crippen LogP contribution in [0.15, 0.2) is 18.5 Å². The van der Waals surface area contributed by atoms with Crippen LogP contribution in [0.5, 0.6) is 0 Å². The predicted octanol–water partition coefficient (Wildman–Crippen LogP) is 3.32. The van der Waals surface area contributed by atoms with Crippen LogP contribution >= 0.6 is 11.3 Å². The van der Waals surface area contributed by atoms with Crippen molar-refractivity contribution in [3.8, 4) is 10.7 Å². The van der Waals surface area contributed by atoms with Crippen LogP contribution in [0, 0.1) is 13.8 Å². The number of thiazole rings is 1. The minimum atomic E-state index is 0.495. The van der Waals surface area contributed by atoms with Crippen LogP contribution in [0.3, 0.4) is 0 Å². The Balaban J connectivity index is 2.18. The Labute approximate surface area is 112 Å². The molecule has 2 heterocycles. The highest BCUT2D eigenvalue weighted by Crippen LogP contribution is 2.26. The van der Waals surface area contributed by atoms with Crippen molar-refractivity contribution in [2.45, 2.75) is 40.3 Å². The van der Waals surface area contributed by atoms with Crippen molar-refractivity contribution >= 4 is 11.3 Å². The molecule has 0 aliphatic rings. The average Bonchev–Trinajstić information content (AvgIpc) is 2.75. The Bertz CT molecular complexity index is 532. The van der Waals surface area contributed by atoms with Crippen LogP contribution in [-0.4, -0.2) is 16.0 Å². The fourth-order valence-corrected chi connectivity index (χ4v) is 2.67. The minimum Gasteiger partial charge on any atom is -0.310 e. The van der Waals surface area contributed by atoms with E-state index in [-0.39, 0.29) is 0 Å². The van der Waals surface area contributed by atoms with Gasteiger partial charge in [0.15, 0.2) is 0 Å². The summed E-state index contributed by atoms with van der Waals surface area (Å²) < 4.78 is 0. The lowest BCUT2D eigenvalue weighted by Gasteiger charge is -2.05. The van der Waals surface area contributed by atoms with E-state index < -0.39 is 0 Å². The van der Waals surface area contributed by atoms with Gasteiger partial charge in [0.1, 0.15) is 10.7 Å². The standard InChI is InChI=1S/C14H19N3S/c1-9(2)15-7-12-8-17-14(18-12)13-11(4)5-10(3)6-16-13/h5-6,8-9,15H,7H2,1-4H3. The molecule has 0 fully saturated rings. The van der Waals surface area contributed by atoms with E-state index in [4.69, 9.17) is 0 Å². The second-order valence-corrected chi connectivity index (χ2v) is 5.96. The molecule has 18 heavy (non-hydrogen) atoms. The molecule has 0 amide bonds. The first kappa shape index (κ1) is 13.2. The van der Waals surface area contributed by atoms with Crippen molar-refractivity contribution in [1.82, 2.24) is 15.3 Å². The fraction of sp³-hybridized carbons (Fsp3) is 0.429. The summed E-state index contributed by atoms with van der Waals surface area (Å²) in [4.78, 5) is 10.2. The lowest BCUT2D eigenvalue weighted by atomic mass is 10.2. The van der Waals surface area contributed by atoms with E-state index in [0.29, 0.717) is 6.04 Å². The van der Waals surface area contributed by atoms with Crippen LogP contribution in [0.1, 0.15) is 29.9 Å². The summed E-state index contributed by atoms with van der Waals surface area (Å²) in [6.45, 7) is 9.31. The molecule has 3 nitrogen and oxygen atoms in total. The minimum absolute atomic E-state index is 0.495. The van der Waals surface area contributed by atoms with Crippen molar-refractivity contribution in [2.24, 2.45) is 0 Å². The van der Waals surface area contributed by atoms with Gasteiger partial charge in [0.05, 0.1) is 0 Å². The molecule has 2 aromatic rings. The number of hydrogen-bond acceptors (Lipinski definition) is 4. The molecule has 0 bridgehead atoms. The van der Waals surface area contributed by atoms with Crippen molar-refractivity contribution < 1.29 is 0 Å². The SMILES string of the molecule is Cc1cnc(-c2ncc(CNC(C)C)s2)c(C)c1. The van der Waals surface area contributed by atoms with Gasteiger partial charge in [-0.15, -0.1) is 11.3 Å². The van der Waals surface area contributed by atoms with E-state index >= 15 is 0 Å². The Morgan fingerprint density at radius 1 is 1.22 bits per heavy atom. The Morgan fingerprint density at radius 2 is 2.00 bits per heavy atom. The molecule has 1 N–H and O–H groups in total. The third-order valence-corrected chi connectivity index (χ3v) is 3.66. The third kappa shape index (κ3) is 3.15. The van der Waals surface area contributed by atoms with Gasteiger partial charge in [0.25, 0.3) is 0 Å². The van der Waals surface area contributed by atoms with Crippen molar-refractivity contribution in [1.29, 1.82) is 0 Å². The van der Waals surface area contributed by atoms with E-state index in [2.05, 4.69) is 49.0 Å². The molecular formula is C14H19N3S. The zero-order valence-corrected chi connectivity index (χ0v) is 12.1. The molecule has 0 radical (unpaired) electrons. The largest absolute Gasteiger partial charge is 0.310 e. The normalized spacial score (nSPS) is 11.2. The first-order chi connectivity index (χ1) is 8.56. The summed E-state index contributed by atoms with van der Waals surface area (Å²) in [6, 6.07) is 2.64. The van der Waals surface area contributed by atoms with E-state index in [9.17, 15) is 0 Å². The highest BCUT2D eigenvalue weighted by Gasteiger charge is 2.09. The van der Waals surface area contributed by atoms with E-state index in [0.717, 1.165) is 17.2 Å². The van der Waals surface area contributed by atoms with E-state index in [1.807, 2.05) is 12.4 Å². The maximum absolute atomic E-state index is 4.48. The molecule has 2 aromatic heterocycles. The van der Waals surface area contributed by atoms with Crippen molar-refractivity contribution in [2.75, 3.05) is 0 Å². The number of aromatic nitrogens is 2. The molecule has 0 saturated heterocycles. The van der Waals surface area contributed by atoms with Crippen molar-refractivity contribution in [3.05, 3.63) is 34.5 Å². The fourth-order valence-electron chi connectivity index (χ4n) is 1.74. The predicted molar refractivity (Wildman–Crippen MR) is 76.8 cm³/mol. The molecule has 96 valence electrons. The molecule has 2 rings (SSSR count). The zero-order chi connectivity index (χ0) is 13.1. The quantitative estimate of drug-likeness (QED) is 0.917. The Hall–Kier alpha value is -1.26. The van der Waals surface area contributed by atoms with Gasteiger partial charge < -0.3 is 5.32 Å². The summed E-state index contributed by atoms with van der Waals surface area (Å²) in [7, 11) is 0. The lowest BCUT2D eigenvalue weighted by Crippen LogP contribution is -2.21. The van der Waals surface area contributed by atoms with Crippen LogP contribution in [0.4, 0.5) is 0 Å². The second-order valence-electron chi connectivity index (χ2n) is 4.85. The smallest absolute Gasteiger partial charge is 0.142 e. The number of rotatable bonds is 4. The molecule has 0 atom stereocenters. The molecule has 0 aromatic carbocycles. The van der Waals surface area contributed by atoms with Crippen LogP contribution in [0.25, 0.3) is 10.7 Å². The zero-order valence-electron chi connectivity index (χ0n) is 11.3. The number of nitrogens with zero attached hydrogens (tertiary/aromatic N) is 2. The first-order valence-electron chi connectivity index (χ1n) is 6.18. The molecule has 0 aliphatic carbocycles. The number of nitrogens with one attached hydrogen (secondary N) is 1. The van der Waals surface area contributed by atoms with Gasteiger partial charge in [0.2, 0.25) is 0 Å². The van der Waals surface area contributed by atoms with E-state index in [1.54, 1.807) is 11.3 Å². The summed E-state index contributed by atoms with van der Waals surface area (Å²) in [5.41, 5.74) is 3.38. The van der Waals surface area contributed by atoms with Crippen LogP contribution < -0.4 is 5.32 Å². The van der Waals surface area contributed by atoms with Gasteiger partial charge in [0, 0.05) is 29.9 Å². The lowest BCUT2D eigenvalue weighted by molar-refractivity contribution is 0.593. The molecule has 0 unspecified atom stereocenters. The highest BCUT2D eigenvalue weighted by atomic mass is 32.1. The van der Waals surface area contributed by atoms with Gasteiger partial charge in [-0.3, -0.25) is 4.98 Å². The number of pyridine rings is 1. The van der Waals surface area contributed by atoms with Gasteiger partial charge in [-0.25, -0.2) is 4.98 Å². The molecule has 0 saturated carbocycles. The molecular weight excluding hydrogens is 242 g/mol. The molecule has 4 heteroatoms. The average molecular weight is 261 g/mol. The third-order valence-electron chi connectivity index (χ3n) is 2.66. The number of aryl methyl sites for hydroxylation is 2. The van der Waals surface area contributed by atoms with Crippen LogP contribution in [0.2, 0.25) is 0 Å².